The highest BCUT2D eigenvalue weighted by atomic mass is 16.5. The lowest BCUT2D eigenvalue weighted by molar-refractivity contribution is -0.145. The summed E-state index contributed by atoms with van der Waals surface area (Å²) in [6.07, 6.45) is 4.06. The minimum atomic E-state index is -0.0570. The van der Waals surface area contributed by atoms with Gasteiger partial charge in [0.2, 0.25) is 0 Å². The fraction of sp³-hybridized carbons (Fsp3) is 0.533. The van der Waals surface area contributed by atoms with E-state index in [1.807, 2.05) is 19.1 Å². The molecule has 0 radical (unpaired) electrons. The Morgan fingerprint density at radius 3 is 3.17 bits per heavy atom. The second-order valence-electron chi connectivity index (χ2n) is 5.36. The lowest BCUT2D eigenvalue weighted by Crippen LogP contribution is -2.22. The topological polar surface area (TPSA) is 46.5 Å². The highest BCUT2D eigenvalue weighted by Gasteiger charge is 2.60. The number of hydrogen-bond acceptors (Lipinski definition) is 3. The van der Waals surface area contributed by atoms with E-state index in [1.165, 1.54) is 11.1 Å². The first-order valence-corrected chi connectivity index (χ1v) is 6.66. The average molecular weight is 246 g/mol. The van der Waals surface area contributed by atoms with Crippen molar-refractivity contribution in [2.45, 2.75) is 38.0 Å². The van der Waals surface area contributed by atoms with E-state index >= 15 is 0 Å². The third kappa shape index (κ3) is 1.61. The maximum atomic E-state index is 11.9. The highest BCUT2D eigenvalue weighted by Crippen LogP contribution is 2.60. The van der Waals surface area contributed by atoms with Gasteiger partial charge in [-0.2, -0.15) is 0 Å². The molecule has 3 nitrogen and oxygen atoms in total. The van der Waals surface area contributed by atoms with Crippen LogP contribution in [0.2, 0.25) is 0 Å². The number of aromatic hydroxyl groups is 1. The number of carbonyl (C=O) groups excluding carboxylic acids is 1. The second-order valence-corrected chi connectivity index (χ2v) is 5.36. The van der Waals surface area contributed by atoms with Crippen LogP contribution < -0.4 is 0 Å². The van der Waals surface area contributed by atoms with Gasteiger partial charge >= 0.3 is 5.97 Å². The largest absolute Gasteiger partial charge is 0.508 e. The standard InChI is InChI=1S/C15H18O3/c1-2-18-14(17)13-9-15(13)7-3-4-10-8-11(16)5-6-12(10)15/h5-6,8,13,16H,2-4,7,9H2,1H3. The molecule has 96 valence electrons. The molecule has 1 aromatic carbocycles. The maximum Gasteiger partial charge on any atom is 0.309 e. The highest BCUT2D eigenvalue weighted by molar-refractivity contribution is 5.79. The molecule has 0 aromatic heterocycles. The summed E-state index contributed by atoms with van der Waals surface area (Å²) in [6, 6.07) is 5.56. The van der Waals surface area contributed by atoms with Crippen LogP contribution in [0, 0.1) is 5.92 Å². The summed E-state index contributed by atoms with van der Waals surface area (Å²) in [5.41, 5.74) is 2.46. The van der Waals surface area contributed by atoms with Crippen LogP contribution in [0.3, 0.4) is 0 Å². The number of carbonyl (C=O) groups is 1. The minimum absolute atomic E-state index is 0.00748. The molecule has 3 rings (SSSR count). The van der Waals surface area contributed by atoms with E-state index in [1.54, 1.807) is 6.07 Å². The zero-order valence-electron chi connectivity index (χ0n) is 10.6. The normalized spacial score (nSPS) is 28.8. The summed E-state index contributed by atoms with van der Waals surface area (Å²) in [5, 5.41) is 9.55. The zero-order chi connectivity index (χ0) is 12.8. The first-order chi connectivity index (χ1) is 8.67. The third-order valence-corrected chi connectivity index (χ3v) is 4.34. The van der Waals surface area contributed by atoms with Crippen molar-refractivity contribution in [3.63, 3.8) is 0 Å². The van der Waals surface area contributed by atoms with E-state index in [2.05, 4.69) is 0 Å². The summed E-state index contributed by atoms with van der Waals surface area (Å²) >= 11 is 0. The van der Waals surface area contributed by atoms with Gasteiger partial charge in [-0.1, -0.05) is 6.07 Å². The molecule has 1 fully saturated rings. The Kier molecular flexibility index (Phi) is 2.58. The maximum absolute atomic E-state index is 11.9. The fourth-order valence-corrected chi connectivity index (χ4v) is 3.43. The van der Waals surface area contributed by atoms with E-state index in [4.69, 9.17) is 4.74 Å². The Bertz CT molecular complexity index is 495. The van der Waals surface area contributed by atoms with E-state index in [0.717, 1.165) is 25.7 Å². The van der Waals surface area contributed by atoms with Crippen molar-refractivity contribution in [3.05, 3.63) is 29.3 Å². The lowest BCUT2D eigenvalue weighted by Gasteiger charge is -2.26. The van der Waals surface area contributed by atoms with Crippen LogP contribution in [0.4, 0.5) is 0 Å². The fourth-order valence-electron chi connectivity index (χ4n) is 3.43. The number of esters is 1. The van der Waals surface area contributed by atoms with Gasteiger partial charge in [-0.15, -0.1) is 0 Å². The number of ether oxygens (including phenoxy) is 1. The average Bonchev–Trinajstić information content (AvgIpc) is 3.05. The molecule has 0 bridgehead atoms. The number of rotatable bonds is 2. The van der Waals surface area contributed by atoms with Gasteiger partial charge in [0.05, 0.1) is 12.5 Å². The Hall–Kier alpha value is -1.51. The monoisotopic (exact) mass is 246 g/mol. The van der Waals surface area contributed by atoms with Gasteiger partial charge in [0.1, 0.15) is 5.75 Å². The SMILES string of the molecule is CCOC(=O)C1CC12CCCc1cc(O)ccc12. The van der Waals surface area contributed by atoms with Gasteiger partial charge < -0.3 is 9.84 Å². The van der Waals surface area contributed by atoms with Crippen LogP contribution in [0.25, 0.3) is 0 Å². The summed E-state index contributed by atoms with van der Waals surface area (Å²) in [6.45, 7) is 2.30. The molecule has 1 N–H and O–H groups in total. The first kappa shape index (κ1) is 11.6. The van der Waals surface area contributed by atoms with Gasteiger partial charge in [0.25, 0.3) is 0 Å². The number of phenolic OH excluding ortho intramolecular Hbond substituents is 1. The smallest absolute Gasteiger partial charge is 0.309 e. The van der Waals surface area contributed by atoms with Crippen LogP contribution in [-0.2, 0) is 21.4 Å². The van der Waals surface area contributed by atoms with E-state index < -0.39 is 0 Å². The molecule has 2 aliphatic carbocycles. The number of fused-ring (bicyclic) bond motifs is 2. The van der Waals surface area contributed by atoms with Gasteiger partial charge in [0.15, 0.2) is 0 Å². The molecule has 18 heavy (non-hydrogen) atoms. The zero-order valence-corrected chi connectivity index (χ0v) is 10.6. The van der Waals surface area contributed by atoms with Crippen LogP contribution >= 0.6 is 0 Å². The Balaban J connectivity index is 1.91. The molecule has 2 atom stereocenters. The molecule has 3 heteroatoms. The number of benzene rings is 1. The van der Waals surface area contributed by atoms with Crippen LogP contribution in [0.15, 0.2) is 18.2 Å². The summed E-state index contributed by atoms with van der Waals surface area (Å²) in [5.74, 6) is 0.290. The second kappa shape index (κ2) is 4.01. The van der Waals surface area contributed by atoms with Crippen LogP contribution in [0.5, 0.6) is 5.75 Å². The Morgan fingerprint density at radius 1 is 1.56 bits per heavy atom. The molecule has 0 amide bonds. The van der Waals surface area contributed by atoms with Gasteiger partial charge in [-0.3, -0.25) is 4.79 Å². The molecule has 0 heterocycles. The number of phenols is 1. The summed E-state index contributed by atoms with van der Waals surface area (Å²) in [7, 11) is 0. The molecule has 1 spiro atoms. The predicted octanol–water partition coefficient (Wildman–Crippen LogP) is 2.55. The lowest BCUT2D eigenvalue weighted by atomic mass is 9.78. The summed E-state index contributed by atoms with van der Waals surface area (Å²) < 4.78 is 5.14. The van der Waals surface area contributed by atoms with Gasteiger partial charge in [-0.05, 0) is 55.9 Å². The third-order valence-electron chi connectivity index (χ3n) is 4.34. The van der Waals surface area contributed by atoms with Crippen LogP contribution in [0.1, 0.15) is 37.3 Å². The molecule has 1 saturated carbocycles. The van der Waals surface area contributed by atoms with Crippen molar-refractivity contribution in [3.8, 4) is 5.75 Å². The Labute approximate surface area is 107 Å². The molecular formula is C15H18O3. The minimum Gasteiger partial charge on any atom is -0.508 e. The first-order valence-electron chi connectivity index (χ1n) is 6.66. The quantitative estimate of drug-likeness (QED) is 0.816. The van der Waals surface area contributed by atoms with Crippen molar-refractivity contribution in [2.24, 2.45) is 5.92 Å². The van der Waals surface area contributed by atoms with Crippen molar-refractivity contribution in [1.29, 1.82) is 0 Å². The molecule has 2 aliphatic rings. The van der Waals surface area contributed by atoms with Crippen molar-refractivity contribution in [2.75, 3.05) is 6.61 Å². The number of hydrogen-bond donors (Lipinski definition) is 1. The van der Waals surface area contributed by atoms with E-state index in [9.17, 15) is 9.90 Å². The van der Waals surface area contributed by atoms with Crippen molar-refractivity contribution in [1.82, 2.24) is 0 Å². The molecule has 1 aromatic rings. The van der Waals surface area contributed by atoms with Gasteiger partial charge in [-0.25, -0.2) is 0 Å². The molecule has 2 unspecified atom stereocenters. The molecule has 0 aliphatic heterocycles. The van der Waals surface area contributed by atoms with Crippen LogP contribution in [-0.4, -0.2) is 17.7 Å². The van der Waals surface area contributed by atoms with Crippen molar-refractivity contribution >= 4 is 5.97 Å². The van der Waals surface area contributed by atoms with E-state index in [-0.39, 0.29) is 17.3 Å². The van der Waals surface area contributed by atoms with E-state index in [0.29, 0.717) is 12.4 Å². The van der Waals surface area contributed by atoms with Gasteiger partial charge in [0, 0.05) is 5.41 Å². The summed E-state index contributed by atoms with van der Waals surface area (Å²) in [4.78, 5) is 11.9. The molecular weight excluding hydrogens is 228 g/mol. The Morgan fingerprint density at radius 2 is 2.39 bits per heavy atom. The molecule has 0 saturated heterocycles. The predicted molar refractivity (Wildman–Crippen MR) is 67.5 cm³/mol. The number of aryl methyl sites for hydroxylation is 1. The van der Waals surface area contributed by atoms with Crippen molar-refractivity contribution < 1.29 is 14.6 Å².